The van der Waals surface area contributed by atoms with Crippen molar-refractivity contribution in [2.45, 2.75) is 18.9 Å². The maximum atomic E-state index is 11.1. The average molecular weight is 314 g/mol. The topological polar surface area (TPSA) is 58.4 Å². The highest BCUT2D eigenvalue weighted by atomic mass is 79.9. The Morgan fingerprint density at radius 3 is 2.94 bits per heavy atom. The second-order valence-electron chi connectivity index (χ2n) is 4.50. The zero-order valence-electron chi connectivity index (χ0n) is 10.2. The summed E-state index contributed by atoms with van der Waals surface area (Å²) in [4.78, 5) is 12.8. The molecule has 1 saturated heterocycles. The molecule has 1 unspecified atom stereocenters. The Labute approximate surface area is 114 Å². The lowest BCUT2D eigenvalue weighted by molar-refractivity contribution is -0.384. The van der Waals surface area contributed by atoms with Crippen molar-refractivity contribution in [3.63, 3.8) is 0 Å². The molecule has 1 aromatic carbocycles. The first-order chi connectivity index (χ1) is 8.59. The first-order valence-corrected chi connectivity index (χ1v) is 6.76. The van der Waals surface area contributed by atoms with E-state index in [1.165, 1.54) is 0 Å². The molecule has 5 nitrogen and oxygen atoms in total. The number of nitrogens with one attached hydrogen (secondary N) is 1. The Morgan fingerprint density at radius 1 is 1.56 bits per heavy atom. The molecule has 1 atom stereocenters. The number of anilines is 1. The third kappa shape index (κ3) is 2.81. The number of nitro groups is 1. The molecule has 6 heteroatoms. The summed E-state index contributed by atoms with van der Waals surface area (Å²) in [5.41, 5.74) is 0.828. The zero-order chi connectivity index (χ0) is 13.1. The van der Waals surface area contributed by atoms with Crippen LogP contribution in [-0.4, -0.2) is 31.1 Å². The third-order valence-corrected chi connectivity index (χ3v) is 3.83. The number of halogens is 1. The summed E-state index contributed by atoms with van der Waals surface area (Å²) < 4.78 is 0.730. The standard InChI is InChI=1S/C12H16BrN3O2/c1-15(10-3-2-6-14-8-10)11-5-4-9(13)7-12(11)16(17)18/h4-5,7,10,14H,2-3,6,8H2,1H3. The van der Waals surface area contributed by atoms with Crippen LogP contribution in [0.25, 0.3) is 0 Å². The number of benzene rings is 1. The minimum atomic E-state index is -0.327. The van der Waals surface area contributed by atoms with Crippen molar-refractivity contribution in [2.75, 3.05) is 25.0 Å². The van der Waals surface area contributed by atoms with Crippen LogP contribution in [0.1, 0.15) is 12.8 Å². The van der Waals surface area contributed by atoms with Gasteiger partial charge in [-0.25, -0.2) is 0 Å². The zero-order valence-corrected chi connectivity index (χ0v) is 11.8. The van der Waals surface area contributed by atoms with Crippen LogP contribution in [0.5, 0.6) is 0 Å². The second kappa shape index (κ2) is 5.67. The molecular formula is C12H16BrN3O2. The van der Waals surface area contributed by atoms with E-state index in [1.54, 1.807) is 12.1 Å². The third-order valence-electron chi connectivity index (χ3n) is 3.33. The van der Waals surface area contributed by atoms with Gasteiger partial charge in [-0.2, -0.15) is 0 Å². The van der Waals surface area contributed by atoms with E-state index in [0.29, 0.717) is 11.7 Å². The van der Waals surface area contributed by atoms with E-state index < -0.39 is 0 Å². The molecule has 0 spiro atoms. The molecule has 1 aliphatic rings. The van der Waals surface area contributed by atoms with Gasteiger partial charge in [0.2, 0.25) is 0 Å². The molecule has 0 aliphatic carbocycles. The van der Waals surface area contributed by atoms with Gasteiger partial charge >= 0.3 is 0 Å². The highest BCUT2D eigenvalue weighted by Gasteiger charge is 2.24. The largest absolute Gasteiger partial charge is 0.365 e. The maximum absolute atomic E-state index is 11.1. The van der Waals surface area contributed by atoms with E-state index in [2.05, 4.69) is 21.2 Å². The first kappa shape index (κ1) is 13.3. The van der Waals surface area contributed by atoms with E-state index >= 15 is 0 Å². The van der Waals surface area contributed by atoms with Crippen molar-refractivity contribution < 1.29 is 4.92 Å². The summed E-state index contributed by atoms with van der Waals surface area (Å²) in [6.07, 6.45) is 2.18. The SMILES string of the molecule is CN(c1ccc(Br)cc1[N+](=O)[O-])C1CCCNC1. The molecule has 2 rings (SSSR count). The minimum Gasteiger partial charge on any atom is -0.365 e. The normalized spacial score (nSPS) is 19.6. The summed E-state index contributed by atoms with van der Waals surface area (Å²) in [6.45, 7) is 1.91. The molecule has 1 aliphatic heterocycles. The monoisotopic (exact) mass is 313 g/mol. The molecule has 18 heavy (non-hydrogen) atoms. The van der Waals surface area contributed by atoms with Crippen LogP contribution in [-0.2, 0) is 0 Å². The molecule has 1 N–H and O–H groups in total. The van der Waals surface area contributed by atoms with Crippen LogP contribution in [0.2, 0.25) is 0 Å². The van der Waals surface area contributed by atoms with Crippen LogP contribution in [0.3, 0.4) is 0 Å². The quantitative estimate of drug-likeness (QED) is 0.688. The van der Waals surface area contributed by atoms with Gasteiger partial charge in [0.05, 0.1) is 4.92 Å². The summed E-state index contributed by atoms with van der Waals surface area (Å²) >= 11 is 3.27. The van der Waals surface area contributed by atoms with E-state index in [0.717, 1.165) is 30.4 Å². The molecule has 0 bridgehead atoms. The number of rotatable bonds is 3. The van der Waals surface area contributed by atoms with Gasteiger partial charge < -0.3 is 10.2 Å². The fraction of sp³-hybridized carbons (Fsp3) is 0.500. The van der Waals surface area contributed by atoms with Crippen molar-refractivity contribution in [3.8, 4) is 0 Å². The fourth-order valence-corrected chi connectivity index (χ4v) is 2.65. The van der Waals surface area contributed by atoms with Gasteiger partial charge in [-0.15, -0.1) is 0 Å². The number of nitrogens with zero attached hydrogens (tertiary/aromatic N) is 2. The van der Waals surface area contributed by atoms with Crippen LogP contribution in [0.15, 0.2) is 22.7 Å². The van der Waals surface area contributed by atoms with Gasteiger partial charge in [0.15, 0.2) is 0 Å². The number of nitro benzene ring substituents is 1. The predicted molar refractivity (Wildman–Crippen MR) is 75.1 cm³/mol. The summed E-state index contributed by atoms with van der Waals surface area (Å²) in [7, 11) is 1.92. The van der Waals surface area contributed by atoms with E-state index in [-0.39, 0.29) is 10.6 Å². The van der Waals surface area contributed by atoms with Crippen LogP contribution >= 0.6 is 15.9 Å². The minimum absolute atomic E-state index is 0.150. The van der Waals surface area contributed by atoms with E-state index in [4.69, 9.17) is 0 Å². The highest BCUT2D eigenvalue weighted by molar-refractivity contribution is 9.10. The molecule has 1 heterocycles. The summed E-state index contributed by atoms with van der Waals surface area (Å²) in [6, 6.07) is 5.52. The van der Waals surface area contributed by atoms with E-state index in [9.17, 15) is 10.1 Å². The van der Waals surface area contributed by atoms with Crippen molar-refractivity contribution in [1.29, 1.82) is 0 Å². The van der Waals surface area contributed by atoms with E-state index in [1.807, 2.05) is 18.0 Å². The van der Waals surface area contributed by atoms with Gasteiger partial charge in [0, 0.05) is 30.2 Å². The molecule has 0 aromatic heterocycles. The molecule has 1 fully saturated rings. The highest BCUT2D eigenvalue weighted by Crippen LogP contribution is 2.32. The molecular weight excluding hydrogens is 298 g/mol. The molecule has 0 radical (unpaired) electrons. The van der Waals surface area contributed by atoms with Crippen molar-refractivity contribution in [3.05, 3.63) is 32.8 Å². The Hall–Kier alpha value is -1.14. The predicted octanol–water partition coefficient (Wildman–Crippen LogP) is 2.55. The van der Waals surface area contributed by atoms with Gasteiger partial charge in [0.25, 0.3) is 5.69 Å². The van der Waals surface area contributed by atoms with Crippen LogP contribution < -0.4 is 10.2 Å². The Bertz CT molecular complexity index is 447. The lowest BCUT2D eigenvalue weighted by Gasteiger charge is -2.33. The lowest BCUT2D eigenvalue weighted by atomic mass is 10.1. The van der Waals surface area contributed by atoms with Gasteiger partial charge in [0.1, 0.15) is 5.69 Å². The van der Waals surface area contributed by atoms with Crippen molar-refractivity contribution in [2.24, 2.45) is 0 Å². The Balaban J connectivity index is 2.28. The Kier molecular flexibility index (Phi) is 4.19. The lowest BCUT2D eigenvalue weighted by Crippen LogP contribution is -2.44. The molecule has 1 aromatic rings. The second-order valence-corrected chi connectivity index (χ2v) is 5.42. The van der Waals surface area contributed by atoms with Crippen LogP contribution in [0.4, 0.5) is 11.4 Å². The average Bonchev–Trinajstić information content (AvgIpc) is 2.39. The smallest absolute Gasteiger partial charge is 0.293 e. The summed E-state index contributed by atoms with van der Waals surface area (Å²) in [5, 5.41) is 14.4. The summed E-state index contributed by atoms with van der Waals surface area (Å²) in [5.74, 6) is 0. The van der Waals surface area contributed by atoms with Crippen molar-refractivity contribution >= 4 is 27.3 Å². The van der Waals surface area contributed by atoms with Gasteiger partial charge in [-0.05, 0) is 31.5 Å². The molecule has 0 amide bonds. The first-order valence-electron chi connectivity index (χ1n) is 5.97. The van der Waals surface area contributed by atoms with Crippen molar-refractivity contribution in [1.82, 2.24) is 5.32 Å². The number of hydrogen-bond acceptors (Lipinski definition) is 4. The van der Waals surface area contributed by atoms with Gasteiger partial charge in [-0.1, -0.05) is 15.9 Å². The number of hydrogen-bond donors (Lipinski definition) is 1. The molecule has 98 valence electrons. The van der Waals surface area contributed by atoms with Crippen LogP contribution in [0, 0.1) is 10.1 Å². The fourth-order valence-electron chi connectivity index (χ4n) is 2.30. The molecule has 0 saturated carbocycles. The number of likely N-dealkylation sites (N-methyl/N-ethyl adjacent to an activating group) is 1. The number of piperidine rings is 1. The maximum Gasteiger partial charge on any atom is 0.293 e. The Morgan fingerprint density at radius 2 is 2.33 bits per heavy atom. The van der Waals surface area contributed by atoms with Gasteiger partial charge in [-0.3, -0.25) is 10.1 Å².